The molecule has 4 atom stereocenters. The van der Waals surface area contributed by atoms with Crippen LogP contribution in [0, 0.1) is 23.7 Å². The van der Waals surface area contributed by atoms with Gasteiger partial charge in [0.25, 0.3) is 0 Å². The van der Waals surface area contributed by atoms with Crippen molar-refractivity contribution in [2.45, 2.75) is 6.42 Å². The molecule has 2 fully saturated rings. The lowest BCUT2D eigenvalue weighted by molar-refractivity contribution is -0.123. The van der Waals surface area contributed by atoms with E-state index in [4.69, 9.17) is 4.74 Å². The first kappa shape index (κ1) is 11.7. The number of carbonyl (C=O) groups is 2. The summed E-state index contributed by atoms with van der Waals surface area (Å²) in [6.07, 6.45) is 5.16. The molecule has 2 aliphatic carbocycles. The highest BCUT2D eigenvalue weighted by Crippen LogP contribution is 2.53. The van der Waals surface area contributed by atoms with Crippen LogP contribution in [-0.2, 0) is 9.59 Å². The molecule has 1 aliphatic heterocycles. The maximum Gasteiger partial charge on any atom is 0.238 e. The zero-order valence-electron chi connectivity index (χ0n) is 11.2. The first-order valence-electron chi connectivity index (χ1n) is 6.91. The van der Waals surface area contributed by atoms with Gasteiger partial charge in [0.15, 0.2) is 0 Å². The van der Waals surface area contributed by atoms with Crippen LogP contribution in [0.25, 0.3) is 0 Å². The molecule has 102 valence electrons. The summed E-state index contributed by atoms with van der Waals surface area (Å²) in [5, 5.41) is 0. The number of hydrogen-bond acceptors (Lipinski definition) is 3. The number of anilines is 1. The molecule has 3 aliphatic rings. The minimum Gasteiger partial charge on any atom is -0.497 e. The molecule has 1 aromatic rings. The van der Waals surface area contributed by atoms with E-state index in [1.807, 2.05) is 0 Å². The Morgan fingerprint density at radius 1 is 1.10 bits per heavy atom. The fourth-order valence-electron chi connectivity index (χ4n) is 3.91. The third-order valence-corrected chi connectivity index (χ3v) is 4.78. The molecule has 1 aromatic carbocycles. The number of benzene rings is 1. The number of ether oxygens (including phenoxy) is 1. The number of nitrogens with zero attached hydrogens (tertiary/aromatic N) is 1. The van der Waals surface area contributed by atoms with Crippen molar-refractivity contribution in [1.82, 2.24) is 0 Å². The molecule has 1 saturated heterocycles. The lowest BCUT2D eigenvalue weighted by Gasteiger charge is -2.17. The molecule has 2 bridgehead atoms. The molecule has 20 heavy (non-hydrogen) atoms. The van der Waals surface area contributed by atoms with Gasteiger partial charge in [-0.3, -0.25) is 9.59 Å². The standard InChI is InChI=1S/C16H15NO3/c1-20-12-4-2-3-11(8-12)17-15(18)13-9-5-6-10(7-9)14(13)16(17)19/h2-6,8-10,13-14H,7H2,1H3/t9-,10-,13+,14+/m0/s1. The van der Waals surface area contributed by atoms with E-state index in [0.717, 1.165) is 6.42 Å². The van der Waals surface area contributed by atoms with Gasteiger partial charge in [0.1, 0.15) is 5.75 Å². The minimum absolute atomic E-state index is 0.0508. The first-order chi connectivity index (χ1) is 9.70. The normalized spacial score (nSPS) is 34.0. The highest BCUT2D eigenvalue weighted by molar-refractivity contribution is 6.22. The molecular formula is C16H15NO3. The Kier molecular flexibility index (Phi) is 2.31. The van der Waals surface area contributed by atoms with Crippen LogP contribution in [0.4, 0.5) is 5.69 Å². The van der Waals surface area contributed by atoms with Crippen LogP contribution in [0.1, 0.15) is 6.42 Å². The third-order valence-electron chi connectivity index (χ3n) is 4.78. The lowest BCUT2D eigenvalue weighted by Crippen LogP contribution is -2.32. The first-order valence-corrected chi connectivity index (χ1v) is 6.91. The average Bonchev–Trinajstić information content (AvgIpc) is 3.13. The Morgan fingerprint density at radius 2 is 1.75 bits per heavy atom. The van der Waals surface area contributed by atoms with Crippen molar-refractivity contribution < 1.29 is 14.3 Å². The van der Waals surface area contributed by atoms with Gasteiger partial charge in [0.05, 0.1) is 24.6 Å². The van der Waals surface area contributed by atoms with Crippen LogP contribution in [0.5, 0.6) is 5.75 Å². The maximum atomic E-state index is 12.6. The second kappa shape index (κ2) is 3.95. The molecule has 0 aromatic heterocycles. The fourth-order valence-corrected chi connectivity index (χ4v) is 3.91. The van der Waals surface area contributed by atoms with Crippen molar-refractivity contribution in [1.29, 1.82) is 0 Å². The second-order valence-corrected chi connectivity index (χ2v) is 5.71. The molecule has 4 nitrogen and oxygen atoms in total. The van der Waals surface area contributed by atoms with Gasteiger partial charge < -0.3 is 4.74 Å². The maximum absolute atomic E-state index is 12.6. The number of imide groups is 1. The van der Waals surface area contributed by atoms with E-state index in [2.05, 4.69) is 12.2 Å². The number of carbonyl (C=O) groups excluding carboxylic acids is 2. The number of methoxy groups -OCH3 is 1. The summed E-state index contributed by atoms with van der Waals surface area (Å²) >= 11 is 0. The number of allylic oxidation sites excluding steroid dienone is 2. The van der Waals surface area contributed by atoms with Crippen molar-refractivity contribution in [3.63, 3.8) is 0 Å². The predicted molar refractivity (Wildman–Crippen MR) is 73.2 cm³/mol. The summed E-state index contributed by atoms with van der Waals surface area (Å²) in [6, 6.07) is 7.14. The van der Waals surface area contributed by atoms with E-state index in [0.29, 0.717) is 11.4 Å². The van der Waals surface area contributed by atoms with Gasteiger partial charge in [0.2, 0.25) is 11.8 Å². The molecule has 4 heteroatoms. The average molecular weight is 269 g/mol. The van der Waals surface area contributed by atoms with Crippen molar-refractivity contribution in [2.24, 2.45) is 23.7 Å². The van der Waals surface area contributed by atoms with Gasteiger partial charge in [-0.1, -0.05) is 18.2 Å². The summed E-state index contributed by atoms with van der Waals surface area (Å²) in [5.41, 5.74) is 0.619. The summed E-state index contributed by atoms with van der Waals surface area (Å²) in [4.78, 5) is 26.6. The van der Waals surface area contributed by atoms with E-state index in [-0.39, 0.29) is 35.5 Å². The highest BCUT2D eigenvalue weighted by Gasteiger charge is 2.59. The lowest BCUT2D eigenvalue weighted by atomic mass is 9.85. The quantitative estimate of drug-likeness (QED) is 0.609. The molecule has 4 rings (SSSR count). The molecule has 1 saturated carbocycles. The van der Waals surface area contributed by atoms with E-state index < -0.39 is 0 Å². The molecule has 2 amide bonds. The predicted octanol–water partition coefficient (Wildman–Crippen LogP) is 2.01. The van der Waals surface area contributed by atoms with Crippen LogP contribution in [0.15, 0.2) is 36.4 Å². The van der Waals surface area contributed by atoms with Gasteiger partial charge in [-0.2, -0.15) is 0 Å². The SMILES string of the molecule is COc1cccc(N2C(=O)[C@H]3[C@H](C2=O)[C@H]2C=C[C@H]3C2)c1. The minimum atomic E-state index is -0.149. The van der Waals surface area contributed by atoms with Crippen LogP contribution in [0.3, 0.4) is 0 Å². The van der Waals surface area contributed by atoms with Gasteiger partial charge in [0, 0.05) is 6.07 Å². The zero-order valence-corrected chi connectivity index (χ0v) is 11.2. The molecule has 0 N–H and O–H groups in total. The molecular weight excluding hydrogens is 254 g/mol. The Balaban J connectivity index is 1.74. The number of rotatable bonds is 2. The largest absolute Gasteiger partial charge is 0.497 e. The summed E-state index contributed by atoms with van der Waals surface area (Å²) in [5.74, 6) is 0.748. The summed E-state index contributed by atoms with van der Waals surface area (Å²) in [7, 11) is 1.58. The molecule has 0 unspecified atom stereocenters. The molecule has 1 heterocycles. The zero-order chi connectivity index (χ0) is 13.9. The topological polar surface area (TPSA) is 46.6 Å². The van der Waals surface area contributed by atoms with Gasteiger partial charge >= 0.3 is 0 Å². The summed E-state index contributed by atoms with van der Waals surface area (Å²) < 4.78 is 5.17. The number of fused-ring (bicyclic) bond motifs is 5. The molecule has 0 radical (unpaired) electrons. The number of hydrogen-bond donors (Lipinski definition) is 0. The van der Waals surface area contributed by atoms with Crippen LogP contribution in [0.2, 0.25) is 0 Å². The Hall–Kier alpha value is -2.10. The van der Waals surface area contributed by atoms with Crippen LogP contribution in [-0.4, -0.2) is 18.9 Å². The van der Waals surface area contributed by atoms with Crippen molar-refractivity contribution >= 4 is 17.5 Å². The fraction of sp³-hybridized carbons (Fsp3) is 0.375. The molecule has 0 spiro atoms. The van der Waals surface area contributed by atoms with E-state index in [1.54, 1.807) is 31.4 Å². The summed E-state index contributed by atoms with van der Waals surface area (Å²) in [6.45, 7) is 0. The van der Waals surface area contributed by atoms with Crippen LogP contribution >= 0.6 is 0 Å². The Labute approximate surface area is 117 Å². The monoisotopic (exact) mass is 269 g/mol. The third kappa shape index (κ3) is 1.36. The Morgan fingerprint density at radius 3 is 2.35 bits per heavy atom. The smallest absolute Gasteiger partial charge is 0.238 e. The van der Waals surface area contributed by atoms with Crippen molar-refractivity contribution in [3.05, 3.63) is 36.4 Å². The van der Waals surface area contributed by atoms with Crippen LogP contribution < -0.4 is 9.64 Å². The second-order valence-electron chi connectivity index (χ2n) is 5.71. The van der Waals surface area contributed by atoms with E-state index in [9.17, 15) is 9.59 Å². The van der Waals surface area contributed by atoms with Gasteiger partial charge in [-0.05, 0) is 30.4 Å². The Bertz CT molecular complexity index is 606. The van der Waals surface area contributed by atoms with Gasteiger partial charge in [-0.15, -0.1) is 0 Å². The number of amides is 2. The van der Waals surface area contributed by atoms with E-state index in [1.165, 1.54) is 4.90 Å². The van der Waals surface area contributed by atoms with Crippen molar-refractivity contribution in [2.75, 3.05) is 12.0 Å². The van der Waals surface area contributed by atoms with E-state index >= 15 is 0 Å². The van der Waals surface area contributed by atoms with Crippen molar-refractivity contribution in [3.8, 4) is 5.75 Å². The highest BCUT2D eigenvalue weighted by atomic mass is 16.5. The van der Waals surface area contributed by atoms with Gasteiger partial charge in [-0.25, -0.2) is 4.90 Å².